The number of rotatable bonds is 6. The quantitative estimate of drug-likeness (QED) is 0.316. The lowest BCUT2D eigenvalue weighted by Gasteiger charge is -2.47. The average molecular weight is 549 g/mol. The lowest BCUT2D eigenvalue weighted by Crippen LogP contribution is -2.62. The molecule has 2 saturated heterocycles. The van der Waals surface area contributed by atoms with Gasteiger partial charge in [-0.05, 0) is 38.8 Å². The Labute approximate surface area is 229 Å². The second kappa shape index (κ2) is 13.7. The first kappa shape index (κ1) is 31.3. The molecule has 0 aliphatic carbocycles. The van der Waals surface area contributed by atoms with E-state index in [2.05, 4.69) is 23.3 Å². The first-order valence-corrected chi connectivity index (χ1v) is 13.4. The number of β-lactam (4-membered cyclic amide) rings is 1. The van der Waals surface area contributed by atoms with Crippen LogP contribution in [-0.2, 0) is 21.4 Å². The van der Waals surface area contributed by atoms with Crippen LogP contribution in [0.1, 0.15) is 62.5 Å². The van der Waals surface area contributed by atoms with Crippen molar-refractivity contribution in [1.82, 2.24) is 20.1 Å². The van der Waals surface area contributed by atoms with Gasteiger partial charge in [0, 0.05) is 55.6 Å². The number of carbonyl (C=O) groups is 4. The van der Waals surface area contributed by atoms with E-state index in [9.17, 15) is 29.1 Å². The largest absolute Gasteiger partial charge is 0.477 e. The van der Waals surface area contributed by atoms with Crippen molar-refractivity contribution in [2.24, 2.45) is 24.8 Å². The molecule has 0 saturated carbocycles. The number of hydrogen-bond donors (Lipinski definition) is 4. The zero-order chi connectivity index (χ0) is 28.7. The third-order valence-electron chi connectivity index (χ3n) is 7.22. The fourth-order valence-corrected chi connectivity index (χ4v) is 5.35. The van der Waals surface area contributed by atoms with Crippen LogP contribution >= 0.6 is 12.6 Å². The van der Waals surface area contributed by atoms with Crippen molar-refractivity contribution in [2.45, 2.75) is 59.4 Å². The first-order chi connectivity index (χ1) is 17.9. The summed E-state index contributed by atoms with van der Waals surface area (Å²) in [7, 11) is 3.27. The minimum atomic E-state index is -1.12. The zero-order valence-corrected chi connectivity index (χ0v) is 23.9. The number of carboxylic acid groups (broad SMARTS) is 1. The second-order valence-corrected chi connectivity index (χ2v) is 10.5. The Kier molecular flexibility index (Phi) is 11.3. The molecule has 2 fully saturated rings. The standard InChI is InChI=1S/C14H19NO4S.C9H12N2O2.C4H9N/c1-4-8(16)5-6(2)9-10-7(3)12(20)11(14(18)19)15(10)13(9)17;1-6-5-11(3)7(4-8(6)12)9(13)10-2;1-2-4-5-3-1/h6-7,9-10,20H,4-5H2,1-3H3,(H,18,19);4-5H,1-3H3,(H,10,13);5H,1-4H2/t6-,7+,9+,10-;;/m0../s1. The molecule has 3 aliphatic heterocycles. The molecule has 38 heavy (non-hydrogen) atoms. The molecule has 0 aromatic carbocycles. The lowest BCUT2D eigenvalue weighted by molar-refractivity contribution is -0.160. The van der Waals surface area contributed by atoms with Crippen molar-refractivity contribution >= 4 is 36.2 Å². The van der Waals surface area contributed by atoms with E-state index in [1.54, 1.807) is 31.7 Å². The maximum absolute atomic E-state index is 12.2. The number of thiol groups is 1. The van der Waals surface area contributed by atoms with Gasteiger partial charge in [-0.25, -0.2) is 4.79 Å². The van der Waals surface area contributed by atoms with Crippen molar-refractivity contribution in [3.05, 3.63) is 44.3 Å². The Balaban J connectivity index is 0.000000239. The number of Topliss-reactive ketones (excluding diaryl/α,β-unsaturated/α-hetero) is 1. The number of fused-ring (bicyclic) bond motifs is 1. The smallest absolute Gasteiger partial charge is 0.353 e. The van der Waals surface area contributed by atoms with Gasteiger partial charge in [0.2, 0.25) is 5.91 Å². The molecule has 3 N–H and O–H groups in total. The van der Waals surface area contributed by atoms with Crippen LogP contribution < -0.4 is 16.1 Å². The number of nitrogens with one attached hydrogen (secondary N) is 2. The highest BCUT2D eigenvalue weighted by Gasteiger charge is 2.59. The Morgan fingerprint density at radius 1 is 1.24 bits per heavy atom. The summed E-state index contributed by atoms with van der Waals surface area (Å²) in [5.41, 5.74) is 0.894. The van der Waals surface area contributed by atoms with E-state index >= 15 is 0 Å². The van der Waals surface area contributed by atoms with Gasteiger partial charge in [-0.3, -0.25) is 19.2 Å². The van der Waals surface area contributed by atoms with Gasteiger partial charge in [-0.15, -0.1) is 12.6 Å². The second-order valence-electron chi connectivity index (χ2n) is 9.98. The van der Waals surface area contributed by atoms with E-state index in [-0.39, 0.29) is 52.5 Å². The van der Waals surface area contributed by atoms with Gasteiger partial charge in [0.25, 0.3) is 5.91 Å². The fourth-order valence-electron chi connectivity index (χ4n) is 4.99. The molecule has 0 spiro atoms. The minimum Gasteiger partial charge on any atom is -0.477 e. The number of ketones is 1. The third kappa shape index (κ3) is 6.93. The number of aliphatic carboxylic acids is 1. The molecule has 0 radical (unpaired) electrons. The average Bonchev–Trinajstić information content (AvgIpc) is 3.52. The van der Waals surface area contributed by atoms with Crippen LogP contribution in [0.15, 0.2) is 27.7 Å². The van der Waals surface area contributed by atoms with Crippen LogP contribution in [0.4, 0.5) is 0 Å². The molecule has 10 nitrogen and oxygen atoms in total. The SMILES string of the molecule is C1CCNC1.CCC(=O)C[C@H](C)[C@H]1C(=O)N2C(C(=O)O)=C(S)[C@H](C)[C@@H]12.CNC(=O)c1cc(=O)c(C)cn1C. The van der Waals surface area contributed by atoms with Gasteiger partial charge >= 0.3 is 5.97 Å². The summed E-state index contributed by atoms with van der Waals surface area (Å²) in [6, 6.07) is 1.18. The summed E-state index contributed by atoms with van der Waals surface area (Å²) in [4.78, 5) is 59.3. The number of aryl methyl sites for hydroxylation is 2. The predicted octanol–water partition coefficient (Wildman–Crippen LogP) is 2.12. The molecule has 11 heteroatoms. The van der Waals surface area contributed by atoms with Crippen molar-refractivity contribution < 1.29 is 24.3 Å². The van der Waals surface area contributed by atoms with Gasteiger partial charge in [0.05, 0.1) is 12.0 Å². The van der Waals surface area contributed by atoms with Gasteiger partial charge < -0.3 is 25.2 Å². The molecule has 3 aliphatic rings. The maximum atomic E-state index is 12.2. The number of carbonyl (C=O) groups excluding carboxylic acids is 3. The van der Waals surface area contributed by atoms with Crippen LogP contribution in [0.3, 0.4) is 0 Å². The number of pyridine rings is 1. The molecule has 2 amide bonds. The monoisotopic (exact) mass is 548 g/mol. The molecular weight excluding hydrogens is 508 g/mol. The third-order valence-corrected chi connectivity index (χ3v) is 7.84. The summed E-state index contributed by atoms with van der Waals surface area (Å²) < 4.78 is 1.63. The van der Waals surface area contributed by atoms with Gasteiger partial charge in [-0.2, -0.15) is 0 Å². The van der Waals surface area contributed by atoms with Crippen LogP contribution in [-0.4, -0.2) is 64.3 Å². The van der Waals surface area contributed by atoms with E-state index in [4.69, 9.17) is 0 Å². The van der Waals surface area contributed by atoms with E-state index < -0.39 is 5.97 Å². The topological polar surface area (TPSA) is 138 Å². The highest BCUT2D eigenvalue weighted by atomic mass is 32.1. The molecule has 1 aromatic rings. The Morgan fingerprint density at radius 2 is 1.84 bits per heavy atom. The molecule has 4 heterocycles. The summed E-state index contributed by atoms with van der Waals surface area (Å²) in [6.07, 6.45) is 5.26. The molecule has 4 atom stereocenters. The van der Waals surface area contributed by atoms with E-state index in [1.807, 2.05) is 13.8 Å². The number of carboxylic acids is 1. The van der Waals surface area contributed by atoms with E-state index in [1.165, 1.54) is 43.9 Å². The molecule has 1 aromatic heterocycles. The van der Waals surface area contributed by atoms with Crippen LogP contribution in [0, 0.1) is 24.7 Å². The normalized spacial score (nSPS) is 22.3. The Hall–Kier alpha value is -2.92. The zero-order valence-electron chi connectivity index (χ0n) is 23.0. The summed E-state index contributed by atoms with van der Waals surface area (Å²) in [6.45, 7) is 9.79. The van der Waals surface area contributed by atoms with Crippen LogP contribution in [0.5, 0.6) is 0 Å². The number of aromatic nitrogens is 1. The minimum absolute atomic E-state index is 0.00102. The van der Waals surface area contributed by atoms with Crippen LogP contribution in [0.2, 0.25) is 0 Å². The molecule has 0 bridgehead atoms. The van der Waals surface area contributed by atoms with Crippen molar-refractivity contribution in [3.63, 3.8) is 0 Å². The van der Waals surface area contributed by atoms with Gasteiger partial charge in [-0.1, -0.05) is 20.8 Å². The first-order valence-electron chi connectivity index (χ1n) is 13.0. The Bertz CT molecular complexity index is 1150. The molecule has 4 rings (SSSR count). The predicted molar refractivity (Wildman–Crippen MR) is 148 cm³/mol. The van der Waals surface area contributed by atoms with E-state index in [0.29, 0.717) is 29.0 Å². The summed E-state index contributed by atoms with van der Waals surface area (Å²) >= 11 is 4.26. The molecule has 210 valence electrons. The highest BCUT2D eigenvalue weighted by Crippen LogP contribution is 2.49. The van der Waals surface area contributed by atoms with Gasteiger partial charge in [0.15, 0.2) is 5.43 Å². The van der Waals surface area contributed by atoms with Crippen molar-refractivity contribution in [1.29, 1.82) is 0 Å². The number of nitrogens with zero attached hydrogens (tertiary/aromatic N) is 2. The lowest BCUT2D eigenvalue weighted by atomic mass is 9.73. The number of hydrogen-bond acceptors (Lipinski definition) is 7. The summed E-state index contributed by atoms with van der Waals surface area (Å²) in [5.74, 6) is -1.86. The maximum Gasteiger partial charge on any atom is 0.353 e. The Morgan fingerprint density at radius 3 is 2.32 bits per heavy atom. The van der Waals surface area contributed by atoms with E-state index in [0.717, 1.165) is 0 Å². The molecular formula is C27H40N4O6S. The van der Waals surface area contributed by atoms with Crippen LogP contribution in [0.25, 0.3) is 0 Å². The fraction of sp³-hybridized carbons (Fsp3) is 0.593. The highest BCUT2D eigenvalue weighted by molar-refractivity contribution is 7.84. The molecule has 0 unspecified atom stereocenters. The summed E-state index contributed by atoms with van der Waals surface area (Å²) in [5, 5.41) is 14.9. The van der Waals surface area contributed by atoms with Crippen molar-refractivity contribution in [2.75, 3.05) is 20.1 Å². The van der Waals surface area contributed by atoms with Gasteiger partial charge in [0.1, 0.15) is 17.2 Å². The number of amides is 2. The van der Waals surface area contributed by atoms with Crippen molar-refractivity contribution in [3.8, 4) is 0 Å².